The van der Waals surface area contributed by atoms with Crippen LogP contribution in [-0.2, 0) is 0 Å². The summed E-state index contributed by atoms with van der Waals surface area (Å²) in [4.78, 5) is 5.04. The molecule has 170 valence electrons. The van der Waals surface area contributed by atoms with Crippen LogP contribution in [0.25, 0.3) is 0 Å². The van der Waals surface area contributed by atoms with Crippen LogP contribution in [0, 0.1) is 0 Å². The van der Waals surface area contributed by atoms with Gasteiger partial charge in [-0.3, -0.25) is 4.90 Å². The molecule has 6 nitrogen and oxygen atoms in total. The zero-order valence-corrected chi connectivity index (χ0v) is 19.4. The first kappa shape index (κ1) is 27.8. The van der Waals surface area contributed by atoms with Gasteiger partial charge in [-0.25, -0.2) is 0 Å². The van der Waals surface area contributed by atoms with Crippen molar-refractivity contribution >= 4 is 0 Å². The average Bonchev–Trinajstić information content (AvgIpc) is 2.70. The maximum Gasteiger partial charge on any atom is 0.0108 e. The minimum Gasteiger partial charge on any atom is -0.330 e. The second kappa shape index (κ2) is 23.0. The highest BCUT2D eigenvalue weighted by Gasteiger charge is 2.04. The van der Waals surface area contributed by atoms with E-state index in [2.05, 4.69) is 46.6 Å². The maximum atomic E-state index is 5.54. The van der Waals surface area contributed by atoms with Crippen LogP contribution >= 0.6 is 0 Å². The minimum atomic E-state index is 0.833. The third-order valence-electron chi connectivity index (χ3n) is 5.13. The van der Waals surface area contributed by atoms with Crippen LogP contribution in [0.3, 0.4) is 0 Å². The Morgan fingerprint density at radius 1 is 0.607 bits per heavy atom. The third kappa shape index (κ3) is 20.5. The van der Waals surface area contributed by atoms with Crippen LogP contribution in [0.2, 0.25) is 0 Å². The summed E-state index contributed by atoms with van der Waals surface area (Å²) >= 11 is 0. The normalized spacial score (nSPS) is 11.8. The minimum absolute atomic E-state index is 0.833. The fraction of sp³-hybridized carbons (Fsp3) is 1.00. The smallest absolute Gasteiger partial charge is 0.0108 e. The summed E-state index contributed by atoms with van der Waals surface area (Å²) in [6.45, 7) is 17.7. The van der Waals surface area contributed by atoms with Gasteiger partial charge in [0.25, 0.3) is 0 Å². The van der Waals surface area contributed by atoms with Crippen molar-refractivity contribution in [1.29, 1.82) is 0 Å². The highest BCUT2D eigenvalue weighted by Crippen LogP contribution is 2.00. The molecule has 0 aliphatic carbocycles. The monoisotopic (exact) mass is 400 g/mol. The molecule has 0 amide bonds. The molecule has 0 bridgehead atoms. The lowest BCUT2D eigenvalue weighted by atomic mass is 10.2. The molecule has 0 fully saturated rings. The van der Waals surface area contributed by atoms with Crippen LogP contribution in [-0.4, -0.2) is 95.4 Å². The lowest BCUT2D eigenvalue weighted by molar-refractivity contribution is 0.272. The molecule has 0 spiro atoms. The van der Waals surface area contributed by atoms with Gasteiger partial charge in [-0.15, -0.1) is 0 Å². The summed E-state index contributed by atoms with van der Waals surface area (Å²) in [5.74, 6) is 0. The van der Waals surface area contributed by atoms with E-state index in [9.17, 15) is 0 Å². The summed E-state index contributed by atoms with van der Waals surface area (Å²) in [5.41, 5.74) is 5.54. The van der Waals surface area contributed by atoms with E-state index in [1.165, 1.54) is 58.0 Å². The van der Waals surface area contributed by atoms with Crippen molar-refractivity contribution in [3.63, 3.8) is 0 Å². The lowest BCUT2D eigenvalue weighted by Crippen LogP contribution is -2.40. The van der Waals surface area contributed by atoms with Crippen molar-refractivity contribution in [3.05, 3.63) is 0 Å². The molecule has 0 aromatic carbocycles. The molecule has 0 aliphatic rings. The molecule has 5 N–H and O–H groups in total. The van der Waals surface area contributed by atoms with Gasteiger partial charge in [0, 0.05) is 39.3 Å². The van der Waals surface area contributed by atoms with E-state index >= 15 is 0 Å². The van der Waals surface area contributed by atoms with Crippen molar-refractivity contribution in [2.24, 2.45) is 5.73 Å². The van der Waals surface area contributed by atoms with Gasteiger partial charge < -0.3 is 26.6 Å². The standard InChI is InChI=1S/C22H52N6/c1-4-13-25-16-21-28(20-15-24-5-2)22-17-26-14-9-7-11-19-27(3)18-10-6-8-12-23/h24-26H,4-23H2,1-3H3. The van der Waals surface area contributed by atoms with Gasteiger partial charge >= 0.3 is 0 Å². The fourth-order valence-corrected chi connectivity index (χ4v) is 3.27. The van der Waals surface area contributed by atoms with E-state index in [-0.39, 0.29) is 0 Å². The molecule has 28 heavy (non-hydrogen) atoms. The van der Waals surface area contributed by atoms with Gasteiger partial charge in [-0.1, -0.05) is 26.7 Å². The number of nitrogens with two attached hydrogens (primary N) is 1. The molecule has 0 heterocycles. The fourth-order valence-electron chi connectivity index (χ4n) is 3.27. The number of likely N-dealkylation sites (N-methyl/N-ethyl adjacent to an activating group) is 1. The Morgan fingerprint density at radius 2 is 1.18 bits per heavy atom. The Kier molecular flexibility index (Phi) is 22.8. The zero-order valence-electron chi connectivity index (χ0n) is 19.4. The van der Waals surface area contributed by atoms with Gasteiger partial charge in [0.1, 0.15) is 0 Å². The quantitative estimate of drug-likeness (QED) is 0.196. The van der Waals surface area contributed by atoms with E-state index < -0.39 is 0 Å². The van der Waals surface area contributed by atoms with Gasteiger partial charge in [0.05, 0.1) is 0 Å². The number of hydrogen-bond acceptors (Lipinski definition) is 6. The van der Waals surface area contributed by atoms with Gasteiger partial charge in [-0.05, 0) is 78.4 Å². The lowest BCUT2D eigenvalue weighted by Gasteiger charge is -2.23. The number of nitrogens with one attached hydrogen (secondary N) is 3. The first-order valence-electron chi connectivity index (χ1n) is 12.0. The highest BCUT2D eigenvalue weighted by molar-refractivity contribution is 4.64. The first-order valence-corrected chi connectivity index (χ1v) is 12.0. The molecule has 0 radical (unpaired) electrons. The molecule has 0 saturated carbocycles. The molecule has 0 rings (SSSR count). The van der Waals surface area contributed by atoms with Crippen LogP contribution in [0.15, 0.2) is 0 Å². The Balaban J connectivity index is 3.58. The van der Waals surface area contributed by atoms with Crippen molar-refractivity contribution < 1.29 is 0 Å². The summed E-state index contributed by atoms with van der Waals surface area (Å²) in [6.07, 6.45) is 8.86. The summed E-state index contributed by atoms with van der Waals surface area (Å²) in [6, 6.07) is 0. The van der Waals surface area contributed by atoms with Crippen LogP contribution in [0.4, 0.5) is 0 Å². The van der Waals surface area contributed by atoms with Crippen molar-refractivity contribution in [1.82, 2.24) is 25.8 Å². The average molecular weight is 401 g/mol. The number of hydrogen-bond donors (Lipinski definition) is 4. The van der Waals surface area contributed by atoms with Crippen molar-refractivity contribution in [2.75, 3.05) is 85.6 Å². The highest BCUT2D eigenvalue weighted by atomic mass is 15.2. The number of nitrogens with zero attached hydrogens (tertiary/aromatic N) is 2. The predicted octanol–water partition coefficient (Wildman–Crippen LogP) is 1.72. The van der Waals surface area contributed by atoms with Crippen molar-refractivity contribution in [3.8, 4) is 0 Å². The summed E-state index contributed by atoms with van der Waals surface area (Å²) in [5, 5.41) is 10.6. The second-order valence-corrected chi connectivity index (χ2v) is 7.91. The third-order valence-corrected chi connectivity index (χ3v) is 5.13. The van der Waals surface area contributed by atoms with Crippen LogP contribution < -0.4 is 21.7 Å². The van der Waals surface area contributed by atoms with E-state index in [1.54, 1.807) is 0 Å². The zero-order chi connectivity index (χ0) is 20.7. The summed E-state index contributed by atoms with van der Waals surface area (Å²) in [7, 11) is 2.25. The Morgan fingerprint density at radius 3 is 1.75 bits per heavy atom. The predicted molar refractivity (Wildman–Crippen MR) is 125 cm³/mol. The molecule has 0 aliphatic heterocycles. The molecule has 6 heteroatoms. The molecule has 0 aromatic rings. The second-order valence-electron chi connectivity index (χ2n) is 7.91. The SMILES string of the molecule is CCCNCCN(CCNCC)CCNCCCCCN(C)CCCCCN. The first-order chi connectivity index (χ1) is 13.7. The summed E-state index contributed by atoms with van der Waals surface area (Å²) < 4.78 is 0. The van der Waals surface area contributed by atoms with E-state index in [0.717, 1.165) is 65.4 Å². The van der Waals surface area contributed by atoms with Crippen molar-refractivity contribution in [2.45, 2.75) is 58.8 Å². The molecule has 0 saturated heterocycles. The largest absolute Gasteiger partial charge is 0.330 e. The molecular formula is C22H52N6. The van der Waals surface area contributed by atoms with E-state index in [1.807, 2.05) is 0 Å². The number of rotatable bonds is 23. The topological polar surface area (TPSA) is 68.6 Å². The Bertz CT molecular complexity index is 290. The molecule has 0 aromatic heterocycles. The molecule has 0 unspecified atom stereocenters. The van der Waals surface area contributed by atoms with E-state index in [4.69, 9.17) is 5.73 Å². The maximum absolute atomic E-state index is 5.54. The van der Waals surface area contributed by atoms with Gasteiger partial charge in [0.2, 0.25) is 0 Å². The van der Waals surface area contributed by atoms with Crippen LogP contribution in [0.5, 0.6) is 0 Å². The Hall–Kier alpha value is -0.240. The Labute approximate surface area is 176 Å². The van der Waals surface area contributed by atoms with Gasteiger partial charge in [-0.2, -0.15) is 0 Å². The number of unbranched alkanes of at least 4 members (excludes halogenated alkanes) is 4. The molecular weight excluding hydrogens is 348 g/mol. The van der Waals surface area contributed by atoms with Gasteiger partial charge in [0.15, 0.2) is 0 Å². The molecule has 0 atom stereocenters. The van der Waals surface area contributed by atoms with E-state index in [0.29, 0.717) is 0 Å². The van der Waals surface area contributed by atoms with Crippen LogP contribution in [0.1, 0.15) is 58.8 Å².